The Hall–Kier alpha value is -7.63. The second kappa shape index (κ2) is 26.7. The van der Waals surface area contributed by atoms with Crippen molar-refractivity contribution in [3.63, 3.8) is 0 Å². The van der Waals surface area contributed by atoms with Crippen molar-refractivity contribution in [1.82, 2.24) is 20.4 Å². The molecular weight excluding hydrogens is 977 g/mol. The van der Waals surface area contributed by atoms with Gasteiger partial charge in [0.25, 0.3) is 11.8 Å². The second-order valence-electron chi connectivity index (χ2n) is 19.2. The summed E-state index contributed by atoms with van der Waals surface area (Å²) < 4.78 is 40.3. The summed E-state index contributed by atoms with van der Waals surface area (Å²) in [5.74, 6) is 0.496. The van der Waals surface area contributed by atoms with E-state index in [1.165, 1.54) is 4.90 Å². The number of esters is 1. The van der Waals surface area contributed by atoms with Crippen LogP contribution in [0, 0.1) is 6.92 Å². The number of rotatable bonds is 26. The molecule has 4 atom stereocenters. The van der Waals surface area contributed by atoms with Crippen molar-refractivity contribution < 1.29 is 66.7 Å². The molecule has 0 spiro atoms. The van der Waals surface area contributed by atoms with Crippen LogP contribution in [0.3, 0.4) is 0 Å². The molecule has 0 saturated carbocycles. The lowest BCUT2D eigenvalue weighted by Gasteiger charge is -2.37. The van der Waals surface area contributed by atoms with E-state index in [-0.39, 0.29) is 62.0 Å². The largest absolute Gasteiger partial charge is 0.496 e. The summed E-state index contributed by atoms with van der Waals surface area (Å²) in [5, 5.41) is 5.12. The fourth-order valence-electron chi connectivity index (χ4n) is 10.1. The normalized spacial score (nSPS) is 16.9. The van der Waals surface area contributed by atoms with Gasteiger partial charge >= 0.3 is 5.97 Å². The molecule has 2 saturated heterocycles. The first-order chi connectivity index (χ1) is 36.8. The van der Waals surface area contributed by atoms with Crippen molar-refractivity contribution in [1.29, 1.82) is 0 Å². The number of nitrogens with zero attached hydrogens (tertiary/aromatic N) is 2. The van der Waals surface area contributed by atoms with Gasteiger partial charge in [0.1, 0.15) is 47.8 Å². The van der Waals surface area contributed by atoms with E-state index in [2.05, 4.69) is 10.6 Å². The molecule has 0 radical (unpaired) electrons. The number of piperidine rings is 2. The quantitative estimate of drug-likeness (QED) is 0.0359. The van der Waals surface area contributed by atoms with Gasteiger partial charge in [0.05, 0.1) is 40.9 Å². The summed E-state index contributed by atoms with van der Waals surface area (Å²) in [6.45, 7) is 4.39. The molecule has 4 aromatic rings. The molecule has 3 aliphatic rings. The Bertz CT molecular complexity index is 2720. The Morgan fingerprint density at radius 2 is 1.50 bits per heavy atom. The molecule has 76 heavy (non-hydrogen) atoms. The second-order valence-corrected chi connectivity index (χ2v) is 19.2. The van der Waals surface area contributed by atoms with Crippen molar-refractivity contribution >= 4 is 41.3 Å². The Labute approximate surface area is 444 Å². The van der Waals surface area contributed by atoms with E-state index < -0.39 is 36.0 Å². The average Bonchev–Trinajstić information content (AvgIpc) is 3.78. The van der Waals surface area contributed by atoms with Crippen LogP contribution in [0.5, 0.6) is 34.5 Å². The highest BCUT2D eigenvalue weighted by Gasteiger charge is 2.41. The number of carbonyl (C=O) groups excluding carboxylic acids is 7. The van der Waals surface area contributed by atoms with Gasteiger partial charge in [0.15, 0.2) is 23.9 Å². The van der Waals surface area contributed by atoms with Gasteiger partial charge in [-0.05, 0) is 130 Å². The Morgan fingerprint density at radius 1 is 0.763 bits per heavy atom. The minimum Gasteiger partial charge on any atom is -0.496 e. The number of nitrogens with one attached hydrogen (secondary N) is 2. The van der Waals surface area contributed by atoms with Crippen LogP contribution in [0.15, 0.2) is 72.8 Å². The smallest absolute Gasteiger partial charge is 0.329 e. The molecule has 3 heterocycles. The number of hydrogen-bond donors (Lipinski definition) is 2. The average molecular weight is 1050 g/mol. The number of unbranched alkanes of at least 4 members (excludes halogenated alkanes) is 2. The fourth-order valence-corrected chi connectivity index (χ4v) is 10.1. The maximum Gasteiger partial charge on any atom is 0.329 e. The summed E-state index contributed by atoms with van der Waals surface area (Å²) in [7, 11) is 6.32. The zero-order chi connectivity index (χ0) is 54.3. The highest BCUT2D eigenvalue weighted by atomic mass is 16.5. The molecular formula is C58H70N4O14. The van der Waals surface area contributed by atoms with Crippen molar-refractivity contribution in [3.8, 4) is 34.5 Å². The lowest BCUT2D eigenvalue weighted by atomic mass is 9.91. The van der Waals surface area contributed by atoms with Crippen LogP contribution < -0.4 is 39.1 Å². The Balaban J connectivity index is 0.891. The highest BCUT2D eigenvalue weighted by Crippen LogP contribution is 2.38. The van der Waals surface area contributed by atoms with Gasteiger partial charge in [-0.25, -0.2) is 4.79 Å². The minimum absolute atomic E-state index is 0.0779. The van der Waals surface area contributed by atoms with Crippen molar-refractivity contribution in [2.75, 3.05) is 54.7 Å². The number of ether oxygens (including phenoxy) is 7. The summed E-state index contributed by atoms with van der Waals surface area (Å²) in [6.07, 6.45) is 5.40. The third kappa shape index (κ3) is 13.8. The monoisotopic (exact) mass is 1050 g/mol. The minimum atomic E-state index is -0.777. The molecule has 2 fully saturated rings. The number of methoxy groups -OCH3 is 4. The van der Waals surface area contributed by atoms with Gasteiger partial charge in [-0.15, -0.1) is 0 Å². The molecule has 406 valence electrons. The Kier molecular flexibility index (Phi) is 19.7. The number of Topliss-reactive ketones (excluding diaryl/α,β-unsaturated/α-hetero) is 1. The molecule has 0 bridgehead atoms. The maximum atomic E-state index is 14.5. The number of hydrogen-bond acceptors (Lipinski definition) is 14. The maximum absolute atomic E-state index is 14.5. The zero-order valence-corrected chi connectivity index (χ0v) is 44.4. The third-order valence-corrected chi connectivity index (χ3v) is 14.3. The van der Waals surface area contributed by atoms with Crippen LogP contribution in [0.1, 0.15) is 128 Å². The molecule has 2 N–H and O–H groups in total. The van der Waals surface area contributed by atoms with Crippen molar-refractivity contribution in [3.05, 3.63) is 106 Å². The molecule has 18 heteroatoms. The van der Waals surface area contributed by atoms with Crippen molar-refractivity contribution in [2.24, 2.45) is 0 Å². The molecule has 0 aliphatic carbocycles. The van der Waals surface area contributed by atoms with Gasteiger partial charge in [-0.1, -0.05) is 37.6 Å². The molecule has 18 nitrogen and oxygen atoms in total. The lowest BCUT2D eigenvalue weighted by Crippen LogP contribution is -2.52. The van der Waals surface area contributed by atoms with Crippen LogP contribution >= 0.6 is 0 Å². The van der Waals surface area contributed by atoms with E-state index in [0.717, 1.165) is 35.1 Å². The first kappa shape index (κ1) is 56.1. The van der Waals surface area contributed by atoms with Gasteiger partial charge in [-0.3, -0.25) is 34.1 Å². The molecule has 7 rings (SSSR count). The molecule has 1 unspecified atom stereocenters. The van der Waals surface area contributed by atoms with Crippen LogP contribution in [0.4, 0.5) is 0 Å². The summed E-state index contributed by atoms with van der Waals surface area (Å²) in [4.78, 5) is 94.7. The van der Waals surface area contributed by atoms with Crippen molar-refractivity contribution in [2.45, 2.75) is 122 Å². The standard InChI is InChI=1S/C58H70N4O14/c1-7-42(39-31-50(71-4)36(2)51(32-39)72-5)56(67)61-29-12-10-16-46(61)58(69)76-47(25-18-37-19-26-49(70-3)52(30-37)73-6)38-20-22-41(23-21-38)74-34-40(63)14-9-8-11-28-59-54(65)35-75-48-17-13-15-43-44(48)33-62(57(43)68)45-24-27-53(64)60-55(45)66/h13,15,17,19-23,26,30-32,42,45-47H,7-12,14,16,18,24-25,27-29,33-35H2,1-6H3,(H,59,65)(H,60,64,66)/t42-,45?,46-,47+/m0/s1. The van der Waals surface area contributed by atoms with Gasteiger partial charge in [0.2, 0.25) is 17.7 Å². The predicted octanol–water partition coefficient (Wildman–Crippen LogP) is 7.29. The molecule has 4 aromatic carbocycles. The van der Waals surface area contributed by atoms with E-state index in [9.17, 15) is 33.6 Å². The topological polar surface area (TPSA) is 215 Å². The van der Waals surface area contributed by atoms with E-state index in [1.54, 1.807) is 63.7 Å². The SMILES string of the molecule is CC[C@H](C(=O)N1CCCC[C@H]1C(=O)O[C@H](CCc1ccc(OC)c(OC)c1)c1ccc(OCC(=O)CCCCCNC(=O)COc2cccc3c2CN(C2CCC(=O)NC2=O)C3=O)cc1)c1cc(OC)c(C)c(OC)c1. The number of fused-ring (bicyclic) bond motifs is 1. The number of imide groups is 1. The summed E-state index contributed by atoms with van der Waals surface area (Å²) in [5.41, 5.74) is 4.24. The van der Waals surface area contributed by atoms with Crippen LogP contribution in [0.2, 0.25) is 0 Å². The third-order valence-electron chi connectivity index (χ3n) is 14.3. The zero-order valence-electron chi connectivity index (χ0n) is 44.4. The van der Waals surface area contributed by atoms with Crippen LogP contribution in [0.25, 0.3) is 0 Å². The van der Waals surface area contributed by atoms with E-state index in [1.807, 2.05) is 56.3 Å². The summed E-state index contributed by atoms with van der Waals surface area (Å²) in [6, 6.07) is 20.0. The van der Waals surface area contributed by atoms with Crippen LogP contribution in [-0.4, -0.2) is 118 Å². The lowest BCUT2D eigenvalue weighted by molar-refractivity contribution is -0.162. The number of aryl methyl sites for hydroxylation is 1. The number of carbonyl (C=O) groups is 7. The molecule has 3 aliphatic heterocycles. The van der Waals surface area contributed by atoms with E-state index in [4.69, 9.17) is 33.2 Å². The molecule has 0 aromatic heterocycles. The van der Waals surface area contributed by atoms with E-state index >= 15 is 0 Å². The number of ketones is 1. The number of benzene rings is 4. The predicted molar refractivity (Wildman–Crippen MR) is 280 cm³/mol. The van der Waals surface area contributed by atoms with E-state index in [0.29, 0.717) is 110 Å². The van der Waals surface area contributed by atoms with Gasteiger partial charge < -0.3 is 48.3 Å². The molecule has 5 amide bonds. The summed E-state index contributed by atoms with van der Waals surface area (Å²) >= 11 is 0. The van der Waals surface area contributed by atoms with Gasteiger partial charge in [-0.2, -0.15) is 0 Å². The van der Waals surface area contributed by atoms with Gasteiger partial charge in [0, 0.05) is 42.6 Å². The Morgan fingerprint density at radius 3 is 2.20 bits per heavy atom. The number of likely N-dealkylation sites (tertiary alicyclic amines) is 1. The van der Waals surface area contributed by atoms with Crippen LogP contribution in [-0.2, 0) is 46.5 Å². The number of amides is 5. The first-order valence-electron chi connectivity index (χ1n) is 26.1. The first-order valence-corrected chi connectivity index (χ1v) is 26.1. The fraction of sp³-hybridized carbons (Fsp3) is 0.466. The highest BCUT2D eigenvalue weighted by molar-refractivity contribution is 6.05.